The zero-order valence-corrected chi connectivity index (χ0v) is 13.8. The van der Waals surface area contributed by atoms with Crippen molar-refractivity contribution in [3.63, 3.8) is 0 Å². The van der Waals surface area contributed by atoms with E-state index >= 15 is 0 Å². The molecule has 0 heterocycles. The molecule has 0 saturated heterocycles. The minimum absolute atomic E-state index is 0.193. The summed E-state index contributed by atoms with van der Waals surface area (Å²) in [4.78, 5) is 23.0. The molecule has 1 fully saturated rings. The summed E-state index contributed by atoms with van der Waals surface area (Å²) < 4.78 is 5.68. The summed E-state index contributed by atoms with van der Waals surface area (Å²) in [5, 5.41) is 5.35. The molecule has 0 aliphatic heterocycles. The third-order valence-corrected chi connectivity index (χ3v) is 3.98. The van der Waals surface area contributed by atoms with Gasteiger partial charge in [-0.3, -0.25) is 4.79 Å². The summed E-state index contributed by atoms with van der Waals surface area (Å²) in [5.41, 5.74) is 7.15. The molecule has 25 heavy (non-hydrogen) atoms. The van der Waals surface area contributed by atoms with E-state index in [1.165, 1.54) is 12.8 Å². The van der Waals surface area contributed by atoms with Crippen molar-refractivity contribution in [2.45, 2.75) is 19.4 Å². The van der Waals surface area contributed by atoms with Crippen molar-refractivity contribution < 1.29 is 14.3 Å². The zero-order valence-electron chi connectivity index (χ0n) is 13.8. The van der Waals surface area contributed by atoms with Gasteiger partial charge in [0.25, 0.3) is 5.91 Å². The third-order valence-electron chi connectivity index (χ3n) is 3.98. The summed E-state index contributed by atoms with van der Waals surface area (Å²) in [7, 11) is 0. The number of nitrogens with one attached hydrogen (secondary N) is 2. The highest BCUT2D eigenvalue weighted by molar-refractivity contribution is 6.04. The van der Waals surface area contributed by atoms with E-state index in [0.29, 0.717) is 23.7 Å². The molecular weight excluding hydrogens is 318 g/mol. The van der Waals surface area contributed by atoms with E-state index in [2.05, 4.69) is 10.6 Å². The normalized spacial score (nSPS) is 13.1. The van der Waals surface area contributed by atoms with Gasteiger partial charge in [-0.05, 0) is 60.7 Å². The topological polar surface area (TPSA) is 93.5 Å². The van der Waals surface area contributed by atoms with Crippen LogP contribution in [-0.2, 0) is 6.54 Å². The van der Waals surface area contributed by atoms with Crippen LogP contribution in [0, 0.1) is 5.92 Å². The second-order valence-corrected chi connectivity index (χ2v) is 6.15. The highest BCUT2D eigenvalue weighted by atomic mass is 16.5. The van der Waals surface area contributed by atoms with Gasteiger partial charge in [-0.2, -0.15) is 0 Å². The smallest absolute Gasteiger partial charge is 0.312 e. The fourth-order valence-electron chi connectivity index (χ4n) is 2.30. The Morgan fingerprint density at radius 3 is 2.32 bits per heavy atom. The number of benzene rings is 2. The molecule has 130 valence electrons. The van der Waals surface area contributed by atoms with Crippen LogP contribution in [0.25, 0.3) is 0 Å². The fourth-order valence-corrected chi connectivity index (χ4v) is 2.30. The average molecular weight is 339 g/mol. The van der Waals surface area contributed by atoms with Crippen LogP contribution in [0.15, 0.2) is 48.5 Å². The number of nitrogens with two attached hydrogens (primary N) is 1. The van der Waals surface area contributed by atoms with Crippen molar-refractivity contribution in [3.8, 4) is 5.75 Å². The number of anilines is 1. The van der Waals surface area contributed by atoms with Crippen LogP contribution < -0.4 is 21.1 Å². The van der Waals surface area contributed by atoms with Crippen LogP contribution in [0.3, 0.4) is 0 Å². The first-order valence-corrected chi connectivity index (χ1v) is 8.26. The first kappa shape index (κ1) is 16.8. The highest BCUT2D eigenvalue weighted by Crippen LogP contribution is 2.29. The molecule has 6 heteroatoms. The predicted molar refractivity (Wildman–Crippen MR) is 95.5 cm³/mol. The van der Waals surface area contributed by atoms with Gasteiger partial charge in [-0.25, -0.2) is 4.79 Å². The number of carbonyl (C=O) groups is 2. The first-order chi connectivity index (χ1) is 12.1. The Bertz CT molecular complexity index is 738. The van der Waals surface area contributed by atoms with Crippen molar-refractivity contribution in [2.75, 3.05) is 11.9 Å². The standard InChI is InChI=1S/C19H21N3O3/c20-19(24)21-11-13-3-5-15(6-4-13)18(23)22-16-7-9-17(10-8-16)25-12-14-1-2-14/h3-10,14H,1-2,11-12H2,(H,22,23)(H3,20,21,24). The van der Waals surface area contributed by atoms with Crippen molar-refractivity contribution in [3.05, 3.63) is 59.7 Å². The molecule has 0 spiro atoms. The lowest BCUT2D eigenvalue weighted by Crippen LogP contribution is -2.28. The van der Waals surface area contributed by atoms with E-state index in [4.69, 9.17) is 10.5 Å². The number of amides is 3. The molecule has 0 unspecified atom stereocenters. The largest absolute Gasteiger partial charge is 0.493 e. The molecule has 1 aliphatic carbocycles. The van der Waals surface area contributed by atoms with Crippen LogP contribution in [0.4, 0.5) is 10.5 Å². The van der Waals surface area contributed by atoms with Gasteiger partial charge >= 0.3 is 6.03 Å². The molecule has 1 aliphatic rings. The van der Waals surface area contributed by atoms with Crippen LogP contribution in [-0.4, -0.2) is 18.5 Å². The molecule has 4 N–H and O–H groups in total. The number of ether oxygens (including phenoxy) is 1. The maximum absolute atomic E-state index is 12.3. The van der Waals surface area contributed by atoms with Gasteiger partial charge in [0.05, 0.1) is 6.61 Å². The lowest BCUT2D eigenvalue weighted by atomic mass is 10.1. The average Bonchev–Trinajstić information content (AvgIpc) is 3.44. The molecule has 6 nitrogen and oxygen atoms in total. The van der Waals surface area contributed by atoms with E-state index in [9.17, 15) is 9.59 Å². The molecule has 1 saturated carbocycles. The Labute approximate surface area is 146 Å². The van der Waals surface area contributed by atoms with E-state index in [1.54, 1.807) is 24.3 Å². The number of urea groups is 1. The Kier molecular flexibility index (Phi) is 5.18. The highest BCUT2D eigenvalue weighted by Gasteiger charge is 2.21. The molecule has 0 bridgehead atoms. The van der Waals surface area contributed by atoms with Gasteiger partial charge in [0, 0.05) is 17.8 Å². The minimum Gasteiger partial charge on any atom is -0.493 e. The van der Waals surface area contributed by atoms with Gasteiger partial charge < -0.3 is 21.1 Å². The number of hydrogen-bond acceptors (Lipinski definition) is 3. The van der Waals surface area contributed by atoms with Crippen molar-refractivity contribution >= 4 is 17.6 Å². The van der Waals surface area contributed by atoms with Crippen LogP contribution in [0.1, 0.15) is 28.8 Å². The Balaban J connectivity index is 1.52. The third kappa shape index (κ3) is 5.24. The van der Waals surface area contributed by atoms with Crippen LogP contribution in [0.5, 0.6) is 5.75 Å². The van der Waals surface area contributed by atoms with Gasteiger partial charge in [0.15, 0.2) is 0 Å². The van der Waals surface area contributed by atoms with Crippen LogP contribution >= 0.6 is 0 Å². The summed E-state index contributed by atoms with van der Waals surface area (Å²) in [6.07, 6.45) is 2.51. The molecule has 0 atom stereocenters. The summed E-state index contributed by atoms with van der Waals surface area (Å²) in [6.45, 7) is 1.10. The number of rotatable bonds is 7. The van der Waals surface area contributed by atoms with Crippen molar-refractivity contribution in [2.24, 2.45) is 11.7 Å². The second-order valence-electron chi connectivity index (χ2n) is 6.15. The molecule has 0 radical (unpaired) electrons. The summed E-state index contributed by atoms with van der Waals surface area (Å²) in [5.74, 6) is 1.33. The van der Waals surface area contributed by atoms with E-state index < -0.39 is 6.03 Å². The fraction of sp³-hybridized carbons (Fsp3) is 0.263. The molecule has 3 amide bonds. The van der Waals surface area contributed by atoms with Crippen LogP contribution in [0.2, 0.25) is 0 Å². The van der Waals surface area contributed by atoms with Gasteiger partial charge in [-0.15, -0.1) is 0 Å². The monoisotopic (exact) mass is 339 g/mol. The van der Waals surface area contributed by atoms with Crippen molar-refractivity contribution in [1.82, 2.24) is 5.32 Å². The van der Waals surface area contributed by atoms with E-state index in [-0.39, 0.29) is 5.91 Å². The lowest BCUT2D eigenvalue weighted by molar-refractivity contribution is 0.102. The Hall–Kier alpha value is -3.02. The summed E-state index contributed by atoms with van der Waals surface area (Å²) >= 11 is 0. The molecule has 2 aromatic rings. The predicted octanol–water partition coefficient (Wildman–Crippen LogP) is 2.90. The minimum atomic E-state index is -0.577. The van der Waals surface area contributed by atoms with E-state index in [1.807, 2.05) is 24.3 Å². The lowest BCUT2D eigenvalue weighted by Gasteiger charge is -2.08. The van der Waals surface area contributed by atoms with Gasteiger partial charge in [-0.1, -0.05) is 12.1 Å². The van der Waals surface area contributed by atoms with Gasteiger partial charge in [0.1, 0.15) is 5.75 Å². The quantitative estimate of drug-likeness (QED) is 0.724. The molecule has 2 aromatic carbocycles. The zero-order chi connectivity index (χ0) is 17.6. The van der Waals surface area contributed by atoms with E-state index in [0.717, 1.165) is 17.9 Å². The maximum Gasteiger partial charge on any atom is 0.312 e. The Morgan fingerprint density at radius 1 is 1.04 bits per heavy atom. The number of carbonyl (C=O) groups excluding carboxylic acids is 2. The van der Waals surface area contributed by atoms with Crippen molar-refractivity contribution in [1.29, 1.82) is 0 Å². The summed E-state index contributed by atoms with van der Waals surface area (Å²) in [6, 6.07) is 13.8. The maximum atomic E-state index is 12.3. The number of primary amides is 1. The second kappa shape index (κ2) is 7.70. The molecule has 0 aromatic heterocycles. The molecule has 3 rings (SSSR count). The molecular formula is C19H21N3O3. The first-order valence-electron chi connectivity index (χ1n) is 8.26. The Morgan fingerprint density at radius 2 is 1.72 bits per heavy atom. The number of hydrogen-bond donors (Lipinski definition) is 3. The SMILES string of the molecule is NC(=O)NCc1ccc(C(=O)Nc2ccc(OCC3CC3)cc2)cc1. The van der Waals surface area contributed by atoms with Gasteiger partial charge in [0.2, 0.25) is 0 Å².